The summed E-state index contributed by atoms with van der Waals surface area (Å²) >= 11 is 0. The highest BCUT2D eigenvalue weighted by Crippen LogP contribution is 2.44. The van der Waals surface area contributed by atoms with Gasteiger partial charge in [0, 0.05) is 24.8 Å². The Bertz CT molecular complexity index is 1270. The normalized spacial score (nSPS) is 17.4. The van der Waals surface area contributed by atoms with E-state index in [-0.39, 0.29) is 12.5 Å². The maximum Gasteiger partial charge on any atom is 0.327 e. The van der Waals surface area contributed by atoms with Crippen LogP contribution in [0.2, 0.25) is 0 Å². The first-order valence-electron chi connectivity index (χ1n) is 13.1. The van der Waals surface area contributed by atoms with E-state index in [1.165, 1.54) is 16.7 Å². The number of carbonyl (C=O) groups excluding carboxylic acids is 1. The summed E-state index contributed by atoms with van der Waals surface area (Å²) in [7, 11) is 0. The van der Waals surface area contributed by atoms with Crippen molar-refractivity contribution in [1.82, 2.24) is 14.7 Å². The van der Waals surface area contributed by atoms with E-state index in [9.17, 15) is 9.90 Å². The Balaban J connectivity index is 1.57. The Labute approximate surface area is 223 Å². The van der Waals surface area contributed by atoms with Gasteiger partial charge in [0.1, 0.15) is 6.54 Å². The molecule has 0 saturated carbocycles. The highest BCUT2D eigenvalue weighted by Gasteiger charge is 2.44. The molecule has 0 amide bonds. The standard InChI is InChI=1S/C32H33N3O3/c1-2-38-31(37)24-35-22-25(21-33-35)20-26-23-34(19-18-30(26)36)32(27-12-6-3-7-13-27,28-14-8-4-9-15-28)29-16-10-5-11-17-29/h3-17,20-22,30,36H,2,18-19,23-24H2,1H3/b26-20-. The molecule has 1 aliphatic rings. The number of rotatable bonds is 8. The van der Waals surface area contributed by atoms with Crippen molar-refractivity contribution in [2.75, 3.05) is 19.7 Å². The van der Waals surface area contributed by atoms with Crippen molar-refractivity contribution in [3.63, 3.8) is 0 Å². The summed E-state index contributed by atoms with van der Waals surface area (Å²) < 4.78 is 6.61. The van der Waals surface area contributed by atoms with E-state index >= 15 is 0 Å². The van der Waals surface area contributed by atoms with Crippen LogP contribution >= 0.6 is 0 Å². The fourth-order valence-corrected chi connectivity index (χ4v) is 5.48. The summed E-state index contributed by atoms with van der Waals surface area (Å²) in [4.78, 5) is 14.3. The highest BCUT2D eigenvalue weighted by molar-refractivity contribution is 5.69. The number of hydrogen-bond acceptors (Lipinski definition) is 5. The van der Waals surface area contributed by atoms with Crippen LogP contribution in [0, 0.1) is 0 Å². The zero-order valence-electron chi connectivity index (χ0n) is 21.6. The van der Waals surface area contributed by atoms with Gasteiger partial charge >= 0.3 is 5.97 Å². The van der Waals surface area contributed by atoms with Crippen LogP contribution in [0.1, 0.15) is 35.6 Å². The predicted octanol–water partition coefficient (Wildman–Crippen LogP) is 4.89. The molecule has 0 spiro atoms. The highest BCUT2D eigenvalue weighted by atomic mass is 16.5. The van der Waals surface area contributed by atoms with E-state index in [1.807, 2.05) is 30.5 Å². The second-order valence-corrected chi connectivity index (χ2v) is 9.53. The number of nitrogens with zero attached hydrogens (tertiary/aromatic N) is 3. The number of likely N-dealkylation sites (tertiary alicyclic amines) is 1. The summed E-state index contributed by atoms with van der Waals surface area (Å²) in [6.45, 7) is 3.48. The minimum Gasteiger partial charge on any atom is -0.465 e. The predicted molar refractivity (Wildman–Crippen MR) is 148 cm³/mol. The lowest BCUT2D eigenvalue weighted by Gasteiger charge is -2.48. The molecular weight excluding hydrogens is 474 g/mol. The van der Waals surface area contributed by atoms with E-state index in [0.717, 1.165) is 17.7 Å². The number of aliphatic hydroxyl groups is 1. The molecule has 6 nitrogen and oxygen atoms in total. The average molecular weight is 508 g/mol. The van der Waals surface area contributed by atoms with Gasteiger partial charge in [-0.15, -0.1) is 0 Å². The van der Waals surface area contributed by atoms with Crippen LogP contribution in [0.25, 0.3) is 6.08 Å². The second-order valence-electron chi connectivity index (χ2n) is 9.53. The van der Waals surface area contributed by atoms with Gasteiger partial charge in [0.25, 0.3) is 0 Å². The zero-order chi connectivity index (χ0) is 26.4. The molecule has 1 saturated heterocycles. The van der Waals surface area contributed by atoms with Gasteiger partial charge in [-0.25, -0.2) is 0 Å². The molecule has 194 valence electrons. The van der Waals surface area contributed by atoms with Crippen molar-refractivity contribution in [2.24, 2.45) is 0 Å². The number of aliphatic hydroxyl groups excluding tert-OH is 1. The van der Waals surface area contributed by atoms with Gasteiger partial charge in [-0.05, 0) is 41.7 Å². The first kappa shape index (κ1) is 25.6. The lowest BCUT2D eigenvalue weighted by molar-refractivity contribution is -0.144. The van der Waals surface area contributed by atoms with Crippen molar-refractivity contribution >= 4 is 12.0 Å². The van der Waals surface area contributed by atoms with Crippen LogP contribution in [0.4, 0.5) is 0 Å². The van der Waals surface area contributed by atoms with E-state index in [1.54, 1.807) is 17.8 Å². The molecule has 1 aromatic heterocycles. The van der Waals surface area contributed by atoms with Crippen LogP contribution in [0.3, 0.4) is 0 Å². The van der Waals surface area contributed by atoms with E-state index in [4.69, 9.17) is 4.74 Å². The number of ether oxygens (including phenoxy) is 1. The van der Waals surface area contributed by atoms with Crippen LogP contribution in [-0.2, 0) is 21.6 Å². The molecule has 38 heavy (non-hydrogen) atoms. The van der Waals surface area contributed by atoms with Crippen molar-refractivity contribution in [1.29, 1.82) is 0 Å². The number of aromatic nitrogens is 2. The Morgan fingerprint density at radius 3 is 2.05 bits per heavy atom. The summed E-state index contributed by atoms with van der Waals surface area (Å²) in [6, 6.07) is 31.8. The van der Waals surface area contributed by atoms with E-state index < -0.39 is 11.6 Å². The van der Waals surface area contributed by atoms with Crippen molar-refractivity contribution in [3.8, 4) is 0 Å². The van der Waals surface area contributed by atoms with Gasteiger partial charge in [-0.2, -0.15) is 5.10 Å². The van der Waals surface area contributed by atoms with E-state index in [2.05, 4.69) is 82.8 Å². The molecule has 1 atom stereocenters. The molecule has 6 heteroatoms. The molecule has 1 N–H and O–H groups in total. The minimum atomic E-state index is -0.556. The Hall–Kier alpha value is -4.00. The van der Waals surface area contributed by atoms with Crippen LogP contribution in [0.15, 0.2) is 109 Å². The molecule has 2 heterocycles. The lowest BCUT2D eigenvalue weighted by atomic mass is 9.74. The number of carbonyl (C=O) groups is 1. The summed E-state index contributed by atoms with van der Waals surface area (Å²) in [5.41, 5.74) is 4.74. The number of hydrogen-bond donors (Lipinski definition) is 1. The van der Waals surface area contributed by atoms with Gasteiger partial charge in [0.05, 0.1) is 24.4 Å². The molecule has 5 rings (SSSR count). The molecule has 0 aliphatic carbocycles. The maximum atomic E-state index is 11.9. The van der Waals surface area contributed by atoms with E-state index in [0.29, 0.717) is 19.6 Å². The number of esters is 1. The fourth-order valence-electron chi connectivity index (χ4n) is 5.48. The first-order chi connectivity index (χ1) is 18.6. The summed E-state index contributed by atoms with van der Waals surface area (Å²) in [5, 5.41) is 15.4. The third kappa shape index (κ3) is 5.19. The van der Waals surface area contributed by atoms with Crippen molar-refractivity contribution in [3.05, 3.63) is 131 Å². The van der Waals surface area contributed by atoms with Gasteiger partial charge in [-0.1, -0.05) is 91.0 Å². The number of piperidine rings is 1. The third-order valence-electron chi connectivity index (χ3n) is 7.12. The Morgan fingerprint density at radius 1 is 0.974 bits per heavy atom. The SMILES string of the molecule is CCOC(=O)Cn1cc(/C=C2/CN(C(c3ccccc3)(c3ccccc3)c3ccccc3)CCC2O)cn1. The summed E-state index contributed by atoms with van der Waals surface area (Å²) in [5.74, 6) is -0.322. The van der Waals surface area contributed by atoms with Crippen molar-refractivity contribution < 1.29 is 14.6 Å². The maximum absolute atomic E-state index is 11.9. The second kappa shape index (κ2) is 11.6. The Kier molecular flexibility index (Phi) is 7.82. The fraction of sp³-hybridized carbons (Fsp3) is 0.250. The summed E-state index contributed by atoms with van der Waals surface area (Å²) in [6.07, 6.45) is 5.58. The Morgan fingerprint density at radius 2 is 1.53 bits per heavy atom. The minimum absolute atomic E-state index is 0.0603. The molecule has 3 aromatic carbocycles. The third-order valence-corrected chi connectivity index (χ3v) is 7.12. The van der Waals surface area contributed by atoms with Gasteiger partial charge < -0.3 is 9.84 Å². The zero-order valence-corrected chi connectivity index (χ0v) is 21.6. The molecule has 0 radical (unpaired) electrons. The van der Waals surface area contributed by atoms with Gasteiger partial charge in [0.15, 0.2) is 0 Å². The number of benzene rings is 3. The van der Waals surface area contributed by atoms with Crippen LogP contribution < -0.4 is 0 Å². The molecule has 1 fully saturated rings. The topological polar surface area (TPSA) is 67.6 Å². The first-order valence-corrected chi connectivity index (χ1v) is 13.1. The quantitative estimate of drug-likeness (QED) is 0.272. The molecule has 1 unspecified atom stereocenters. The van der Waals surface area contributed by atoms with Gasteiger partial charge in [-0.3, -0.25) is 14.4 Å². The monoisotopic (exact) mass is 507 g/mol. The molecular formula is C32H33N3O3. The molecule has 1 aliphatic heterocycles. The molecule has 0 bridgehead atoms. The largest absolute Gasteiger partial charge is 0.465 e. The smallest absolute Gasteiger partial charge is 0.327 e. The van der Waals surface area contributed by atoms with Crippen LogP contribution in [-0.4, -0.2) is 51.6 Å². The van der Waals surface area contributed by atoms with Crippen molar-refractivity contribution in [2.45, 2.75) is 31.5 Å². The van der Waals surface area contributed by atoms with Crippen LogP contribution in [0.5, 0.6) is 0 Å². The molecule has 4 aromatic rings. The van der Waals surface area contributed by atoms with Gasteiger partial charge in [0.2, 0.25) is 0 Å². The lowest BCUT2D eigenvalue weighted by Crippen LogP contribution is -2.52. The average Bonchev–Trinajstić information content (AvgIpc) is 3.39.